The number of piperidine rings is 1. The molecule has 2 heterocycles. The highest BCUT2D eigenvalue weighted by Crippen LogP contribution is 2.24. The van der Waals surface area contributed by atoms with Crippen LogP contribution in [0, 0.1) is 23.7 Å². The van der Waals surface area contributed by atoms with Crippen LogP contribution in [0.25, 0.3) is 0 Å². The lowest BCUT2D eigenvalue weighted by molar-refractivity contribution is 0.0628. The van der Waals surface area contributed by atoms with Crippen LogP contribution in [0.3, 0.4) is 0 Å². The third kappa shape index (κ3) is 3.84. The second-order valence-electron chi connectivity index (χ2n) is 5.60. The van der Waals surface area contributed by atoms with Crippen molar-refractivity contribution in [3.8, 4) is 11.8 Å². The number of thiophene rings is 1. The molecule has 1 aliphatic heterocycles. The van der Waals surface area contributed by atoms with Gasteiger partial charge in [0, 0.05) is 19.5 Å². The zero-order valence-corrected chi connectivity index (χ0v) is 12.9. The van der Waals surface area contributed by atoms with Gasteiger partial charge in [0.1, 0.15) is 0 Å². The van der Waals surface area contributed by atoms with Gasteiger partial charge in [0.25, 0.3) is 5.91 Å². The first-order chi connectivity index (χ1) is 9.60. The molecule has 2 atom stereocenters. The normalized spacial score (nSPS) is 22.2. The van der Waals surface area contributed by atoms with E-state index in [9.17, 15) is 4.79 Å². The molecule has 2 rings (SSSR count). The van der Waals surface area contributed by atoms with Crippen LogP contribution in [-0.4, -0.2) is 35.6 Å². The molecule has 4 heteroatoms. The molecule has 0 spiro atoms. The van der Waals surface area contributed by atoms with Gasteiger partial charge in [-0.2, -0.15) is 0 Å². The Bertz CT molecular complexity index is 516. The second-order valence-corrected chi connectivity index (χ2v) is 6.68. The summed E-state index contributed by atoms with van der Waals surface area (Å²) in [5.41, 5.74) is 0. The minimum atomic E-state index is 0.0771. The highest BCUT2D eigenvalue weighted by Gasteiger charge is 2.26. The van der Waals surface area contributed by atoms with Gasteiger partial charge in [-0.1, -0.05) is 25.7 Å². The zero-order valence-electron chi connectivity index (χ0n) is 12.1. The van der Waals surface area contributed by atoms with Crippen molar-refractivity contribution in [1.29, 1.82) is 0 Å². The Labute approximate surface area is 124 Å². The predicted molar refractivity (Wildman–Crippen MR) is 81.7 cm³/mol. The third-order valence-electron chi connectivity index (χ3n) is 3.42. The van der Waals surface area contributed by atoms with Crippen molar-refractivity contribution >= 4 is 17.2 Å². The topological polar surface area (TPSA) is 40.5 Å². The van der Waals surface area contributed by atoms with Gasteiger partial charge in [-0.05, 0) is 30.4 Å². The maximum absolute atomic E-state index is 12.5. The molecule has 2 unspecified atom stereocenters. The summed E-state index contributed by atoms with van der Waals surface area (Å²) in [5.74, 6) is 7.14. The zero-order chi connectivity index (χ0) is 14.5. The first-order valence-corrected chi connectivity index (χ1v) is 7.90. The molecule has 1 fully saturated rings. The standard InChI is InChI=1S/C16H21NO2S/c1-12-9-13(2)11-17(10-12)16(19)15-7-6-14(20-15)5-3-4-8-18/h6-7,12-13,18H,4,8-11H2,1-2H3. The molecule has 1 aromatic heterocycles. The average molecular weight is 291 g/mol. The lowest BCUT2D eigenvalue weighted by atomic mass is 9.92. The summed E-state index contributed by atoms with van der Waals surface area (Å²) in [5, 5.41) is 8.70. The van der Waals surface area contributed by atoms with Gasteiger partial charge in [0.05, 0.1) is 16.4 Å². The Balaban J connectivity index is 2.04. The molecule has 3 nitrogen and oxygen atoms in total. The van der Waals surface area contributed by atoms with Gasteiger partial charge in [-0.15, -0.1) is 11.3 Å². The SMILES string of the molecule is CC1CC(C)CN(C(=O)c2ccc(C#CCCO)s2)C1. The largest absolute Gasteiger partial charge is 0.395 e. The minimum absolute atomic E-state index is 0.0771. The van der Waals surface area contributed by atoms with E-state index in [-0.39, 0.29) is 12.5 Å². The van der Waals surface area contributed by atoms with Crippen LogP contribution in [0.4, 0.5) is 0 Å². The quantitative estimate of drug-likeness (QED) is 0.851. The molecule has 0 saturated carbocycles. The summed E-state index contributed by atoms with van der Waals surface area (Å²) in [4.78, 5) is 16.1. The van der Waals surface area contributed by atoms with Crippen molar-refractivity contribution in [3.05, 3.63) is 21.9 Å². The third-order valence-corrected chi connectivity index (χ3v) is 4.41. The Morgan fingerprint density at radius 3 is 2.75 bits per heavy atom. The molecule has 0 radical (unpaired) electrons. The molecule has 1 N–H and O–H groups in total. The highest BCUT2D eigenvalue weighted by atomic mass is 32.1. The number of rotatable bonds is 2. The van der Waals surface area contributed by atoms with E-state index in [0.29, 0.717) is 18.3 Å². The molecule has 0 aromatic carbocycles. The van der Waals surface area contributed by atoms with E-state index in [1.54, 1.807) is 0 Å². The smallest absolute Gasteiger partial charge is 0.263 e. The molecular formula is C16H21NO2S. The van der Waals surface area contributed by atoms with Crippen LogP contribution in [0.5, 0.6) is 0 Å². The molecule has 0 aliphatic carbocycles. The number of likely N-dealkylation sites (tertiary alicyclic amines) is 1. The Hall–Kier alpha value is -1.31. The molecule has 1 saturated heterocycles. The minimum Gasteiger partial charge on any atom is -0.395 e. The number of carbonyl (C=O) groups is 1. The van der Waals surface area contributed by atoms with Crippen LogP contribution in [-0.2, 0) is 0 Å². The van der Waals surface area contributed by atoms with Crippen molar-refractivity contribution in [3.63, 3.8) is 0 Å². The lowest BCUT2D eigenvalue weighted by Gasteiger charge is -2.34. The van der Waals surface area contributed by atoms with E-state index in [0.717, 1.165) is 22.8 Å². The van der Waals surface area contributed by atoms with E-state index in [1.807, 2.05) is 17.0 Å². The average Bonchev–Trinajstić information content (AvgIpc) is 2.86. The molecule has 0 bridgehead atoms. The van der Waals surface area contributed by atoms with E-state index < -0.39 is 0 Å². The fraction of sp³-hybridized carbons (Fsp3) is 0.562. The van der Waals surface area contributed by atoms with Gasteiger partial charge >= 0.3 is 0 Å². The number of carbonyl (C=O) groups excluding carboxylic acids is 1. The molecule has 1 aromatic rings. The molecule has 20 heavy (non-hydrogen) atoms. The Morgan fingerprint density at radius 2 is 2.10 bits per heavy atom. The number of hydrogen-bond acceptors (Lipinski definition) is 3. The van der Waals surface area contributed by atoms with Crippen molar-refractivity contribution in [2.45, 2.75) is 26.7 Å². The van der Waals surface area contributed by atoms with Gasteiger partial charge in [0.15, 0.2) is 0 Å². The van der Waals surface area contributed by atoms with Crippen molar-refractivity contribution in [2.75, 3.05) is 19.7 Å². The first-order valence-electron chi connectivity index (χ1n) is 7.09. The van der Waals surface area contributed by atoms with E-state index >= 15 is 0 Å². The fourth-order valence-electron chi connectivity index (χ4n) is 2.71. The maximum atomic E-state index is 12.5. The summed E-state index contributed by atoms with van der Waals surface area (Å²) < 4.78 is 0. The number of aliphatic hydroxyl groups excluding tert-OH is 1. The first kappa shape index (κ1) is 15.1. The lowest BCUT2D eigenvalue weighted by Crippen LogP contribution is -2.42. The van der Waals surface area contributed by atoms with Gasteiger partial charge in [0.2, 0.25) is 0 Å². The van der Waals surface area contributed by atoms with E-state index in [4.69, 9.17) is 5.11 Å². The number of amides is 1. The van der Waals surface area contributed by atoms with Crippen molar-refractivity contribution in [2.24, 2.45) is 11.8 Å². The summed E-state index contributed by atoms with van der Waals surface area (Å²) in [6, 6.07) is 3.75. The van der Waals surface area contributed by atoms with Gasteiger partial charge < -0.3 is 10.0 Å². The van der Waals surface area contributed by atoms with Crippen LogP contribution in [0.2, 0.25) is 0 Å². The van der Waals surface area contributed by atoms with Crippen LogP contribution in [0.1, 0.15) is 41.2 Å². The Kier molecular flexibility index (Phi) is 5.22. The number of aliphatic hydroxyl groups is 1. The summed E-state index contributed by atoms with van der Waals surface area (Å²) in [7, 11) is 0. The highest BCUT2D eigenvalue weighted by molar-refractivity contribution is 7.14. The van der Waals surface area contributed by atoms with Crippen LogP contribution < -0.4 is 0 Å². The summed E-state index contributed by atoms with van der Waals surface area (Å²) >= 11 is 1.44. The monoisotopic (exact) mass is 291 g/mol. The maximum Gasteiger partial charge on any atom is 0.263 e. The summed E-state index contributed by atoms with van der Waals surface area (Å²) in [6.07, 6.45) is 1.68. The van der Waals surface area contributed by atoms with E-state index in [2.05, 4.69) is 25.7 Å². The van der Waals surface area contributed by atoms with Gasteiger partial charge in [-0.3, -0.25) is 4.79 Å². The number of nitrogens with zero attached hydrogens (tertiary/aromatic N) is 1. The molecule has 1 aliphatic rings. The fourth-order valence-corrected chi connectivity index (χ4v) is 3.56. The van der Waals surface area contributed by atoms with Crippen LogP contribution in [0.15, 0.2) is 12.1 Å². The molecular weight excluding hydrogens is 270 g/mol. The van der Waals surface area contributed by atoms with Crippen molar-refractivity contribution < 1.29 is 9.90 Å². The van der Waals surface area contributed by atoms with Gasteiger partial charge in [-0.25, -0.2) is 0 Å². The van der Waals surface area contributed by atoms with Crippen molar-refractivity contribution in [1.82, 2.24) is 4.90 Å². The van der Waals surface area contributed by atoms with E-state index in [1.165, 1.54) is 17.8 Å². The number of hydrogen-bond donors (Lipinski definition) is 1. The predicted octanol–water partition coefficient (Wildman–Crippen LogP) is 2.60. The molecule has 108 valence electrons. The molecule has 1 amide bonds. The second kappa shape index (κ2) is 6.92. The Morgan fingerprint density at radius 1 is 1.40 bits per heavy atom. The summed E-state index contributed by atoms with van der Waals surface area (Å²) in [6.45, 7) is 6.19. The van der Waals surface area contributed by atoms with Crippen LogP contribution >= 0.6 is 11.3 Å².